The lowest BCUT2D eigenvalue weighted by molar-refractivity contribution is -0.0583. The lowest BCUT2D eigenvalue weighted by Crippen LogP contribution is -2.58. The highest BCUT2D eigenvalue weighted by Gasteiger charge is 2.35. The lowest BCUT2D eigenvalue weighted by Gasteiger charge is -2.44. The number of nitrogens with one attached hydrogen (secondary N) is 1. The molecule has 0 unspecified atom stereocenters. The molecule has 0 radical (unpaired) electrons. The van der Waals surface area contributed by atoms with E-state index in [1.54, 1.807) is 6.92 Å². The van der Waals surface area contributed by atoms with Crippen LogP contribution in [-0.2, 0) is 10.7 Å². The summed E-state index contributed by atoms with van der Waals surface area (Å²) in [4.78, 5) is 9.36. The summed E-state index contributed by atoms with van der Waals surface area (Å²) in [6, 6.07) is 5.38. The highest BCUT2D eigenvalue weighted by atomic mass is 19.3. The van der Waals surface area contributed by atoms with Crippen molar-refractivity contribution in [2.45, 2.75) is 31.9 Å². The first-order valence-corrected chi connectivity index (χ1v) is 12.0. The molecule has 36 heavy (non-hydrogen) atoms. The number of rotatable bonds is 6. The van der Waals surface area contributed by atoms with E-state index in [0.29, 0.717) is 35.1 Å². The molecule has 2 N–H and O–H groups in total. The molecule has 0 saturated carbocycles. The number of aromatic nitrogens is 3. The smallest absolute Gasteiger partial charge is 0.298 e. The Kier molecular flexibility index (Phi) is 6.71. The van der Waals surface area contributed by atoms with Crippen LogP contribution in [0.5, 0.6) is 0 Å². The molecule has 11 heteroatoms. The largest absolute Gasteiger partial charge is 0.390 e. The zero-order valence-electron chi connectivity index (χ0n) is 20.2. The van der Waals surface area contributed by atoms with E-state index in [4.69, 9.17) is 9.84 Å². The molecule has 0 aliphatic carbocycles. The highest BCUT2D eigenvalue weighted by Crippen LogP contribution is 2.34. The van der Waals surface area contributed by atoms with E-state index >= 15 is 4.39 Å². The van der Waals surface area contributed by atoms with Gasteiger partial charge in [0.2, 0.25) is 0 Å². The second-order valence-electron chi connectivity index (χ2n) is 9.37. The van der Waals surface area contributed by atoms with Crippen molar-refractivity contribution < 1.29 is 23.0 Å². The summed E-state index contributed by atoms with van der Waals surface area (Å²) in [5.74, 6) is -4.36. The van der Waals surface area contributed by atoms with Gasteiger partial charge in [0, 0.05) is 37.1 Å². The Morgan fingerprint density at radius 3 is 2.89 bits per heavy atom. The molecular formula is C25H29F3N6O2. The number of benzene rings is 1. The Bertz CT molecular complexity index is 1260. The predicted octanol–water partition coefficient (Wildman–Crippen LogP) is 3.25. The molecule has 2 atom stereocenters. The summed E-state index contributed by atoms with van der Waals surface area (Å²) in [6.07, 6.45) is 1.82. The van der Waals surface area contributed by atoms with Gasteiger partial charge >= 0.3 is 0 Å². The quantitative estimate of drug-likeness (QED) is 0.532. The second kappa shape index (κ2) is 9.79. The molecule has 2 aromatic heterocycles. The van der Waals surface area contributed by atoms with Crippen molar-refractivity contribution in [3.05, 3.63) is 53.1 Å². The van der Waals surface area contributed by atoms with Gasteiger partial charge in [-0.1, -0.05) is 12.1 Å². The number of aliphatic hydroxyl groups excluding tert-OH is 1. The number of aryl methyl sites for hydroxylation is 1. The minimum atomic E-state index is -3.68. The molecular weight excluding hydrogens is 473 g/mol. The SMILES string of the molecule is Cc1nnc(N[C@H](C)c2cccc(C(F)(F)CO)c2F)c2cc(N3CCN4CCOC[C@@H]4C3)cnc12. The lowest BCUT2D eigenvalue weighted by atomic mass is 10.00. The maximum Gasteiger partial charge on any atom is 0.298 e. The molecule has 2 saturated heterocycles. The fourth-order valence-electron chi connectivity index (χ4n) is 4.94. The summed E-state index contributed by atoms with van der Waals surface area (Å²) in [7, 11) is 0. The van der Waals surface area contributed by atoms with Crippen LogP contribution in [-0.4, -0.2) is 77.2 Å². The van der Waals surface area contributed by atoms with E-state index in [1.165, 1.54) is 12.1 Å². The Hall–Kier alpha value is -3.02. The average molecular weight is 503 g/mol. The van der Waals surface area contributed by atoms with Crippen LogP contribution in [0.25, 0.3) is 10.9 Å². The molecule has 1 aromatic carbocycles. The standard InChI is InChI=1S/C25H29F3N6O2/c1-15(19-4-3-5-21(22(19)26)25(27,28)14-35)30-24-20-10-17(11-29-23(20)16(2)31-32-24)34-7-6-33-8-9-36-13-18(33)12-34/h3-5,10-11,15,18,35H,6-9,12-14H2,1-2H3,(H,30,32)/t15-,18+/m1/s1. The zero-order chi connectivity index (χ0) is 25.4. The van der Waals surface area contributed by atoms with Gasteiger partial charge in [0.15, 0.2) is 5.82 Å². The molecule has 4 heterocycles. The van der Waals surface area contributed by atoms with Gasteiger partial charge in [0.25, 0.3) is 5.92 Å². The summed E-state index contributed by atoms with van der Waals surface area (Å²) in [5, 5.41) is 21.3. The van der Waals surface area contributed by atoms with Gasteiger partial charge in [-0.2, -0.15) is 13.9 Å². The van der Waals surface area contributed by atoms with E-state index in [9.17, 15) is 8.78 Å². The van der Waals surface area contributed by atoms with Gasteiger partial charge in [-0.05, 0) is 26.0 Å². The molecule has 0 spiro atoms. The summed E-state index contributed by atoms with van der Waals surface area (Å²) in [6.45, 7) is 7.02. The molecule has 0 amide bonds. The number of piperazine rings is 1. The van der Waals surface area contributed by atoms with E-state index in [2.05, 4.69) is 30.3 Å². The van der Waals surface area contributed by atoms with Crippen LogP contribution in [0.3, 0.4) is 0 Å². The predicted molar refractivity (Wildman–Crippen MR) is 130 cm³/mol. The minimum absolute atomic E-state index is 0.0358. The topological polar surface area (TPSA) is 86.6 Å². The Labute approximate surface area is 207 Å². The number of nitrogens with zero attached hydrogens (tertiary/aromatic N) is 5. The summed E-state index contributed by atoms with van der Waals surface area (Å²) >= 11 is 0. The number of aliphatic hydroxyl groups is 1. The fourth-order valence-corrected chi connectivity index (χ4v) is 4.94. The molecule has 192 valence electrons. The van der Waals surface area contributed by atoms with Crippen molar-refractivity contribution in [1.29, 1.82) is 0 Å². The first kappa shape index (κ1) is 24.7. The third-order valence-electron chi connectivity index (χ3n) is 7.01. The summed E-state index contributed by atoms with van der Waals surface area (Å²) < 4.78 is 48.8. The third kappa shape index (κ3) is 4.58. The number of hydrogen-bond donors (Lipinski definition) is 2. The molecule has 2 aliphatic rings. The van der Waals surface area contributed by atoms with Crippen LogP contribution in [0, 0.1) is 12.7 Å². The number of hydrogen-bond acceptors (Lipinski definition) is 8. The number of halogens is 3. The van der Waals surface area contributed by atoms with Crippen LogP contribution >= 0.6 is 0 Å². The van der Waals surface area contributed by atoms with Gasteiger partial charge in [-0.15, -0.1) is 5.10 Å². The van der Waals surface area contributed by atoms with Crippen LogP contribution < -0.4 is 10.2 Å². The molecule has 3 aromatic rings. The van der Waals surface area contributed by atoms with E-state index in [0.717, 1.165) is 44.5 Å². The molecule has 2 fully saturated rings. The molecule has 2 aliphatic heterocycles. The number of ether oxygens (including phenoxy) is 1. The van der Waals surface area contributed by atoms with Crippen molar-refractivity contribution >= 4 is 22.4 Å². The fraction of sp³-hybridized carbons (Fsp3) is 0.480. The van der Waals surface area contributed by atoms with E-state index < -0.39 is 30.0 Å². The number of morpholine rings is 1. The van der Waals surface area contributed by atoms with Crippen molar-refractivity contribution in [3.8, 4) is 0 Å². The zero-order valence-corrected chi connectivity index (χ0v) is 20.2. The number of anilines is 2. The van der Waals surface area contributed by atoms with Gasteiger partial charge in [0.05, 0.1) is 54.0 Å². The average Bonchev–Trinajstić information content (AvgIpc) is 2.89. The maximum absolute atomic E-state index is 15.0. The van der Waals surface area contributed by atoms with Crippen molar-refractivity contribution in [2.75, 3.05) is 56.2 Å². The van der Waals surface area contributed by atoms with Crippen molar-refractivity contribution in [2.24, 2.45) is 0 Å². The van der Waals surface area contributed by atoms with Crippen LogP contribution in [0.15, 0.2) is 30.5 Å². The van der Waals surface area contributed by atoms with Crippen molar-refractivity contribution in [3.63, 3.8) is 0 Å². The second-order valence-corrected chi connectivity index (χ2v) is 9.37. The van der Waals surface area contributed by atoms with E-state index in [-0.39, 0.29) is 5.56 Å². The monoisotopic (exact) mass is 502 g/mol. The van der Waals surface area contributed by atoms with E-state index in [1.807, 2.05) is 19.2 Å². The minimum Gasteiger partial charge on any atom is -0.390 e. The Morgan fingerprint density at radius 1 is 1.25 bits per heavy atom. The van der Waals surface area contributed by atoms with Crippen LogP contribution in [0.1, 0.15) is 29.8 Å². The van der Waals surface area contributed by atoms with Gasteiger partial charge in [-0.3, -0.25) is 9.88 Å². The number of pyridine rings is 1. The maximum atomic E-state index is 15.0. The van der Waals surface area contributed by atoms with Gasteiger partial charge in [-0.25, -0.2) is 4.39 Å². The molecule has 0 bridgehead atoms. The van der Waals surface area contributed by atoms with Crippen LogP contribution in [0.4, 0.5) is 24.7 Å². The molecule has 5 rings (SSSR count). The molecule has 8 nitrogen and oxygen atoms in total. The Morgan fingerprint density at radius 2 is 2.08 bits per heavy atom. The number of alkyl halides is 2. The first-order chi connectivity index (χ1) is 17.3. The third-order valence-corrected chi connectivity index (χ3v) is 7.01. The highest BCUT2D eigenvalue weighted by molar-refractivity contribution is 5.92. The first-order valence-electron chi connectivity index (χ1n) is 12.0. The van der Waals surface area contributed by atoms with Gasteiger partial charge < -0.3 is 20.1 Å². The Balaban J connectivity index is 1.45. The number of fused-ring (bicyclic) bond motifs is 2. The summed E-state index contributed by atoms with van der Waals surface area (Å²) in [5.41, 5.74) is 1.44. The van der Waals surface area contributed by atoms with Gasteiger partial charge in [0.1, 0.15) is 12.4 Å². The normalized spacial score (nSPS) is 19.8. The van der Waals surface area contributed by atoms with Crippen molar-refractivity contribution in [1.82, 2.24) is 20.1 Å². The van der Waals surface area contributed by atoms with Crippen LogP contribution in [0.2, 0.25) is 0 Å².